The van der Waals surface area contributed by atoms with Crippen LogP contribution in [0, 0.1) is 46.3 Å². The fraction of sp³-hybridized carbons (Fsp3) is 0.955. The molecule has 2 nitrogen and oxygen atoms in total. The summed E-state index contributed by atoms with van der Waals surface area (Å²) in [6, 6.07) is 0. The van der Waals surface area contributed by atoms with Crippen molar-refractivity contribution in [2.24, 2.45) is 46.3 Å². The molecule has 0 aromatic heterocycles. The molecule has 0 radical (unpaired) electrons. The van der Waals surface area contributed by atoms with Gasteiger partial charge >= 0.3 is 5.97 Å². The summed E-state index contributed by atoms with van der Waals surface area (Å²) in [5.41, 5.74) is 0.883. The molecular formula is C22H34O2. The maximum Gasteiger partial charge on any atom is 0.302 e. The molecule has 0 aromatic rings. The van der Waals surface area contributed by atoms with Gasteiger partial charge in [0, 0.05) is 12.3 Å². The maximum atomic E-state index is 11.6. The zero-order valence-corrected chi connectivity index (χ0v) is 15.7. The van der Waals surface area contributed by atoms with E-state index in [2.05, 4.69) is 13.8 Å². The smallest absolute Gasteiger partial charge is 0.302 e. The van der Waals surface area contributed by atoms with Crippen molar-refractivity contribution in [3.8, 4) is 0 Å². The highest BCUT2D eigenvalue weighted by atomic mass is 16.5. The van der Waals surface area contributed by atoms with Crippen molar-refractivity contribution in [1.29, 1.82) is 0 Å². The van der Waals surface area contributed by atoms with E-state index in [1.807, 2.05) is 0 Å². The van der Waals surface area contributed by atoms with Crippen LogP contribution < -0.4 is 0 Å². The van der Waals surface area contributed by atoms with Crippen molar-refractivity contribution in [2.45, 2.75) is 84.7 Å². The summed E-state index contributed by atoms with van der Waals surface area (Å²) < 4.78 is 5.78. The number of hydrogen-bond acceptors (Lipinski definition) is 2. The number of esters is 1. The molecule has 134 valence electrons. The third kappa shape index (κ3) is 2.04. The zero-order valence-electron chi connectivity index (χ0n) is 15.7. The molecule has 5 fully saturated rings. The van der Waals surface area contributed by atoms with Crippen molar-refractivity contribution in [2.75, 3.05) is 0 Å². The number of fused-ring (bicyclic) bond motifs is 6. The minimum atomic E-state index is -0.0771. The number of carbonyl (C=O) groups is 1. The average Bonchev–Trinajstić information content (AvgIpc) is 3.18. The van der Waals surface area contributed by atoms with Crippen molar-refractivity contribution in [1.82, 2.24) is 0 Å². The van der Waals surface area contributed by atoms with Crippen LogP contribution in [0.4, 0.5) is 0 Å². The SMILES string of the molecule is CC(=O)O[C@H]1CC[C@H]2[C@@H]3CC[C@H]4C[C@H]5C[C@H]5C[C@]4(C)[C@H]3CC[C@]12C. The van der Waals surface area contributed by atoms with Gasteiger partial charge in [-0.15, -0.1) is 0 Å². The molecule has 0 spiro atoms. The first-order valence-electron chi connectivity index (χ1n) is 10.6. The molecule has 0 N–H and O–H groups in total. The van der Waals surface area contributed by atoms with Gasteiger partial charge in [-0.25, -0.2) is 0 Å². The van der Waals surface area contributed by atoms with E-state index >= 15 is 0 Å². The molecule has 5 aliphatic rings. The lowest BCUT2D eigenvalue weighted by Gasteiger charge is -2.60. The second-order valence-corrected chi connectivity index (χ2v) is 10.6. The quantitative estimate of drug-likeness (QED) is 0.617. The molecule has 0 heterocycles. The third-order valence-corrected chi connectivity index (χ3v) is 9.64. The van der Waals surface area contributed by atoms with Gasteiger partial charge in [0.1, 0.15) is 6.10 Å². The van der Waals surface area contributed by atoms with Gasteiger partial charge in [0.25, 0.3) is 0 Å². The predicted molar refractivity (Wildman–Crippen MR) is 94.3 cm³/mol. The average molecular weight is 331 g/mol. The molecule has 5 aliphatic carbocycles. The van der Waals surface area contributed by atoms with Crippen LogP contribution in [0.1, 0.15) is 78.6 Å². The Labute approximate surface area is 147 Å². The standard InChI is InChI=1S/C22H34O2/c1-13(23)24-20-7-6-18-17-5-4-16-11-14-10-15(14)12-22(16,3)19(17)8-9-21(18,20)2/h14-20H,4-12H2,1-3H3/t14-,15+,16+,17+,18+,19+,20+,21+,22+/m1/s1. The summed E-state index contributed by atoms with van der Waals surface area (Å²) in [7, 11) is 0. The van der Waals surface area contributed by atoms with Gasteiger partial charge in [-0.3, -0.25) is 4.79 Å². The van der Waals surface area contributed by atoms with E-state index in [1.165, 1.54) is 38.5 Å². The maximum absolute atomic E-state index is 11.6. The van der Waals surface area contributed by atoms with Gasteiger partial charge in [-0.05, 0) is 98.7 Å². The van der Waals surface area contributed by atoms with E-state index < -0.39 is 0 Å². The van der Waals surface area contributed by atoms with E-state index in [9.17, 15) is 4.79 Å². The van der Waals surface area contributed by atoms with Crippen molar-refractivity contribution in [3.05, 3.63) is 0 Å². The highest BCUT2D eigenvalue weighted by molar-refractivity contribution is 5.66. The second kappa shape index (κ2) is 5.01. The molecule has 5 rings (SSSR count). The molecule has 0 unspecified atom stereocenters. The molecule has 0 bridgehead atoms. The Bertz CT molecular complexity index is 556. The van der Waals surface area contributed by atoms with Gasteiger partial charge in [-0.1, -0.05) is 13.8 Å². The normalized spacial score (nSPS) is 58.0. The summed E-state index contributed by atoms with van der Waals surface area (Å²) in [6.45, 7) is 6.70. The Balaban J connectivity index is 1.41. The largest absolute Gasteiger partial charge is 0.462 e. The highest BCUT2D eigenvalue weighted by Crippen LogP contribution is 2.70. The van der Waals surface area contributed by atoms with Crippen molar-refractivity contribution in [3.63, 3.8) is 0 Å². The molecule has 2 heteroatoms. The molecule has 24 heavy (non-hydrogen) atoms. The fourth-order valence-electron chi connectivity index (χ4n) is 8.37. The van der Waals surface area contributed by atoms with Crippen LogP contribution in [0.25, 0.3) is 0 Å². The number of hydrogen-bond donors (Lipinski definition) is 0. The first-order valence-corrected chi connectivity index (χ1v) is 10.6. The first kappa shape index (κ1) is 15.7. The molecule has 0 saturated heterocycles. The molecule has 5 saturated carbocycles. The van der Waals surface area contributed by atoms with Crippen LogP contribution in [0.2, 0.25) is 0 Å². The molecule has 0 aliphatic heterocycles. The number of rotatable bonds is 1. The fourth-order valence-corrected chi connectivity index (χ4v) is 8.37. The topological polar surface area (TPSA) is 26.3 Å². The third-order valence-electron chi connectivity index (χ3n) is 9.64. The van der Waals surface area contributed by atoms with Crippen LogP contribution in [0.5, 0.6) is 0 Å². The lowest BCUT2D eigenvalue weighted by molar-refractivity contribution is -0.161. The minimum absolute atomic E-state index is 0.0771. The lowest BCUT2D eigenvalue weighted by Crippen LogP contribution is -2.53. The van der Waals surface area contributed by atoms with Gasteiger partial charge in [0.2, 0.25) is 0 Å². The van der Waals surface area contributed by atoms with Gasteiger partial charge in [0.05, 0.1) is 0 Å². The van der Waals surface area contributed by atoms with E-state index in [4.69, 9.17) is 4.74 Å². The monoisotopic (exact) mass is 330 g/mol. The van der Waals surface area contributed by atoms with E-state index in [0.717, 1.165) is 41.9 Å². The van der Waals surface area contributed by atoms with Crippen molar-refractivity contribution >= 4 is 5.97 Å². The van der Waals surface area contributed by atoms with Crippen LogP contribution in [0.3, 0.4) is 0 Å². The summed E-state index contributed by atoms with van der Waals surface area (Å²) >= 11 is 0. The van der Waals surface area contributed by atoms with Crippen molar-refractivity contribution < 1.29 is 9.53 Å². The van der Waals surface area contributed by atoms with Gasteiger partial charge in [-0.2, -0.15) is 0 Å². The van der Waals surface area contributed by atoms with E-state index in [1.54, 1.807) is 19.8 Å². The summed E-state index contributed by atoms with van der Waals surface area (Å²) in [5.74, 6) is 5.77. The Morgan fingerprint density at radius 1 is 0.917 bits per heavy atom. The molecule has 0 aromatic carbocycles. The Morgan fingerprint density at radius 2 is 1.71 bits per heavy atom. The summed E-state index contributed by atoms with van der Waals surface area (Å²) in [6.07, 6.45) is 12.8. The lowest BCUT2D eigenvalue weighted by atomic mass is 9.45. The molecule has 9 atom stereocenters. The Morgan fingerprint density at radius 3 is 2.50 bits per heavy atom. The van der Waals surface area contributed by atoms with Crippen LogP contribution >= 0.6 is 0 Å². The molecule has 0 amide bonds. The van der Waals surface area contributed by atoms with Crippen LogP contribution in [0.15, 0.2) is 0 Å². The van der Waals surface area contributed by atoms with Gasteiger partial charge in [0.15, 0.2) is 0 Å². The van der Waals surface area contributed by atoms with Crippen LogP contribution in [-0.4, -0.2) is 12.1 Å². The van der Waals surface area contributed by atoms with Crippen LogP contribution in [-0.2, 0) is 9.53 Å². The summed E-state index contributed by atoms with van der Waals surface area (Å²) in [4.78, 5) is 11.6. The van der Waals surface area contributed by atoms with E-state index in [-0.39, 0.29) is 17.5 Å². The molecular weight excluding hydrogens is 296 g/mol. The zero-order chi connectivity index (χ0) is 16.7. The van der Waals surface area contributed by atoms with E-state index in [0.29, 0.717) is 5.41 Å². The summed E-state index contributed by atoms with van der Waals surface area (Å²) in [5, 5.41) is 0. The number of ether oxygens (including phenoxy) is 1. The Hall–Kier alpha value is -0.530. The highest BCUT2D eigenvalue weighted by Gasteiger charge is 2.63. The second-order valence-electron chi connectivity index (χ2n) is 10.6. The predicted octanol–water partition coefficient (Wildman–Crippen LogP) is 5.21. The number of carbonyl (C=O) groups excluding carboxylic acids is 1. The minimum Gasteiger partial charge on any atom is -0.462 e. The van der Waals surface area contributed by atoms with Gasteiger partial charge < -0.3 is 4.74 Å². The first-order chi connectivity index (χ1) is 11.4. The Kier molecular flexibility index (Phi) is 3.28.